The molecule has 1 heterocycles. The largest absolute Gasteiger partial charge is 0.480 e. The maximum atomic E-state index is 12.9. The Morgan fingerprint density at radius 1 is 1.22 bits per heavy atom. The summed E-state index contributed by atoms with van der Waals surface area (Å²) in [6, 6.07) is -1.10. The molecule has 2 amide bonds. The van der Waals surface area contributed by atoms with E-state index in [1.807, 2.05) is 0 Å². The van der Waals surface area contributed by atoms with Crippen molar-refractivity contribution in [3.05, 3.63) is 24.3 Å². The van der Waals surface area contributed by atoms with Crippen molar-refractivity contribution in [3.8, 4) is 0 Å². The summed E-state index contributed by atoms with van der Waals surface area (Å²) in [5.74, 6) is -1.94. The van der Waals surface area contributed by atoms with Gasteiger partial charge < -0.3 is 15.3 Å². The SMILES string of the molecule is CC(C)(C)[C@H](NC(=O)CN(C(=O)c1cnccn1)C1CCCCC1)C(=O)O. The first kappa shape index (κ1) is 20.8. The van der Waals surface area contributed by atoms with E-state index < -0.39 is 23.3 Å². The summed E-state index contributed by atoms with van der Waals surface area (Å²) in [5, 5.41) is 12.0. The quantitative estimate of drug-likeness (QED) is 0.784. The third-order valence-electron chi connectivity index (χ3n) is 4.79. The van der Waals surface area contributed by atoms with Gasteiger partial charge in [0.05, 0.1) is 6.20 Å². The zero-order chi connectivity index (χ0) is 20.0. The Hall–Kier alpha value is -2.51. The number of hydrogen-bond donors (Lipinski definition) is 2. The molecule has 0 saturated heterocycles. The lowest BCUT2D eigenvalue weighted by Gasteiger charge is -2.34. The van der Waals surface area contributed by atoms with Crippen LogP contribution in [-0.4, -0.2) is 56.4 Å². The molecule has 27 heavy (non-hydrogen) atoms. The first-order chi connectivity index (χ1) is 12.7. The molecule has 1 aromatic heterocycles. The molecule has 148 valence electrons. The summed E-state index contributed by atoms with van der Waals surface area (Å²) in [6.45, 7) is 5.04. The molecule has 2 N–H and O–H groups in total. The Kier molecular flexibility index (Phi) is 6.87. The number of rotatable bonds is 6. The third-order valence-corrected chi connectivity index (χ3v) is 4.79. The maximum Gasteiger partial charge on any atom is 0.326 e. The third kappa shape index (κ3) is 5.74. The van der Waals surface area contributed by atoms with Crippen molar-refractivity contribution in [2.75, 3.05) is 6.54 Å². The summed E-state index contributed by atoms with van der Waals surface area (Å²) < 4.78 is 0. The average Bonchev–Trinajstić information content (AvgIpc) is 2.64. The highest BCUT2D eigenvalue weighted by atomic mass is 16.4. The van der Waals surface area contributed by atoms with Crippen molar-refractivity contribution < 1.29 is 19.5 Å². The van der Waals surface area contributed by atoms with Gasteiger partial charge in [-0.25, -0.2) is 9.78 Å². The molecule has 1 aliphatic carbocycles. The van der Waals surface area contributed by atoms with Gasteiger partial charge in [0.25, 0.3) is 5.91 Å². The van der Waals surface area contributed by atoms with Crippen LogP contribution in [0.4, 0.5) is 0 Å². The molecule has 0 unspecified atom stereocenters. The fourth-order valence-corrected chi connectivity index (χ4v) is 3.33. The number of aromatic nitrogens is 2. The van der Waals surface area contributed by atoms with Crippen molar-refractivity contribution in [2.45, 2.75) is 65.0 Å². The lowest BCUT2D eigenvalue weighted by molar-refractivity contribution is -0.145. The number of amides is 2. The van der Waals surface area contributed by atoms with E-state index in [4.69, 9.17) is 0 Å². The molecule has 0 aliphatic heterocycles. The van der Waals surface area contributed by atoms with Crippen LogP contribution in [0.2, 0.25) is 0 Å². The normalized spacial score (nSPS) is 16.4. The summed E-state index contributed by atoms with van der Waals surface area (Å²) in [4.78, 5) is 46.5. The topological polar surface area (TPSA) is 112 Å². The second-order valence-corrected chi connectivity index (χ2v) is 8.02. The van der Waals surface area contributed by atoms with E-state index in [-0.39, 0.29) is 24.2 Å². The van der Waals surface area contributed by atoms with E-state index in [0.717, 1.165) is 32.1 Å². The minimum Gasteiger partial charge on any atom is -0.480 e. The van der Waals surface area contributed by atoms with Gasteiger partial charge >= 0.3 is 5.97 Å². The molecule has 1 fully saturated rings. The number of aliphatic carboxylic acids is 1. The fraction of sp³-hybridized carbons (Fsp3) is 0.632. The van der Waals surface area contributed by atoms with E-state index in [0.29, 0.717) is 0 Å². The Morgan fingerprint density at radius 2 is 1.89 bits per heavy atom. The van der Waals surface area contributed by atoms with Crippen LogP contribution in [0.3, 0.4) is 0 Å². The van der Waals surface area contributed by atoms with Gasteiger partial charge in [0.1, 0.15) is 18.3 Å². The van der Waals surface area contributed by atoms with Gasteiger partial charge in [-0.05, 0) is 18.3 Å². The lowest BCUT2D eigenvalue weighted by atomic mass is 9.86. The van der Waals surface area contributed by atoms with Crippen molar-refractivity contribution in [2.24, 2.45) is 5.41 Å². The number of carboxylic acid groups (broad SMARTS) is 1. The van der Waals surface area contributed by atoms with Crippen molar-refractivity contribution in [3.63, 3.8) is 0 Å². The standard InChI is InChI=1S/C19H28N4O4/c1-19(2,3)16(18(26)27)22-15(24)12-23(13-7-5-4-6-8-13)17(25)14-11-20-9-10-21-14/h9-11,13,16H,4-8,12H2,1-3H3,(H,22,24)(H,26,27)/t16-/m1/s1. The van der Waals surface area contributed by atoms with Gasteiger partial charge in [-0.3, -0.25) is 14.6 Å². The van der Waals surface area contributed by atoms with Crippen LogP contribution in [0.5, 0.6) is 0 Å². The monoisotopic (exact) mass is 376 g/mol. The van der Waals surface area contributed by atoms with Crippen LogP contribution in [-0.2, 0) is 9.59 Å². The number of nitrogens with one attached hydrogen (secondary N) is 1. The van der Waals surface area contributed by atoms with E-state index in [2.05, 4.69) is 15.3 Å². The molecule has 0 spiro atoms. The number of hydrogen-bond acceptors (Lipinski definition) is 5. The first-order valence-corrected chi connectivity index (χ1v) is 9.29. The zero-order valence-electron chi connectivity index (χ0n) is 16.1. The van der Waals surface area contributed by atoms with Crippen LogP contribution in [0, 0.1) is 5.41 Å². The number of carboxylic acids is 1. The molecule has 1 atom stereocenters. The average molecular weight is 376 g/mol. The lowest BCUT2D eigenvalue weighted by Crippen LogP contribution is -2.54. The highest BCUT2D eigenvalue weighted by Crippen LogP contribution is 2.24. The van der Waals surface area contributed by atoms with E-state index >= 15 is 0 Å². The molecule has 1 aliphatic rings. The van der Waals surface area contributed by atoms with E-state index in [1.165, 1.54) is 23.5 Å². The summed E-state index contributed by atoms with van der Waals surface area (Å²) in [7, 11) is 0. The van der Waals surface area contributed by atoms with E-state index in [9.17, 15) is 19.5 Å². The molecule has 1 saturated carbocycles. The predicted molar refractivity (Wildman–Crippen MR) is 99.0 cm³/mol. The van der Waals surface area contributed by atoms with Crippen LogP contribution < -0.4 is 5.32 Å². The fourth-order valence-electron chi connectivity index (χ4n) is 3.33. The van der Waals surface area contributed by atoms with Crippen LogP contribution in [0.15, 0.2) is 18.6 Å². The highest BCUT2D eigenvalue weighted by molar-refractivity contribution is 5.95. The summed E-state index contributed by atoms with van der Waals surface area (Å²) in [6.07, 6.45) is 9.04. The van der Waals surface area contributed by atoms with Crippen molar-refractivity contribution in [1.29, 1.82) is 0 Å². The summed E-state index contributed by atoms with van der Waals surface area (Å²) >= 11 is 0. The molecular weight excluding hydrogens is 348 g/mol. The minimum atomic E-state index is -1.10. The van der Waals surface area contributed by atoms with Gasteiger partial charge in [-0.1, -0.05) is 40.0 Å². The molecule has 1 aromatic rings. The van der Waals surface area contributed by atoms with Gasteiger partial charge in [-0.15, -0.1) is 0 Å². The molecule has 0 bridgehead atoms. The van der Waals surface area contributed by atoms with Crippen LogP contribution in [0.1, 0.15) is 63.4 Å². The number of carbonyl (C=O) groups excluding carboxylic acids is 2. The van der Waals surface area contributed by atoms with Crippen molar-refractivity contribution >= 4 is 17.8 Å². The smallest absolute Gasteiger partial charge is 0.326 e. The highest BCUT2D eigenvalue weighted by Gasteiger charge is 2.34. The van der Waals surface area contributed by atoms with Crippen LogP contribution >= 0.6 is 0 Å². The molecule has 0 aromatic carbocycles. The summed E-state index contributed by atoms with van der Waals surface area (Å²) in [5.41, 5.74) is -0.465. The Morgan fingerprint density at radius 3 is 2.41 bits per heavy atom. The first-order valence-electron chi connectivity index (χ1n) is 9.29. The molecular formula is C19H28N4O4. The zero-order valence-corrected chi connectivity index (χ0v) is 16.1. The maximum absolute atomic E-state index is 12.9. The van der Waals surface area contributed by atoms with E-state index in [1.54, 1.807) is 20.8 Å². The van der Waals surface area contributed by atoms with Gasteiger partial charge in [0, 0.05) is 18.4 Å². The van der Waals surface area contributed by atoms with Gasteiger partial charge in [0.15, 0.2) is 0 Å². The molecule has 0 radical (unpaired) electrons. The van der Waals surface area contributed by atoms with Gasteiger partial charge in [-0.2, -0.15) is 0 Å². The van der Waals surface area contributed by atoms with Crippen molar-refractivity contribution in [1.82, 2.24) is 20.2 Å². The second kappa shape index (κ2) is 8.92. The molecule has 8 nitrogen and oxygen atoms in total. The second-order valence-electron chi connectivity index (χ2n) is 8.02. The Balaban J connectivity index is 2.17. The molecule has 8 heteroatoms. The Bertz CT molecular complexity index is 666. The van der Waals surface area contributed by atoms with Gasteiger partial charge in [0.2, 0.25) is 5.91 Å². The Labute approximate surface area is 159 Å². The predicted octanol–water partition coefficient (Wildman–Crippen LogP) is 1.87. The minimum absolute atomic E-state index is 0.0584. The number of nitrogens with zero attached hydrogens (tertiary/aromatic N) is 3. The molecule has 2 rings (SSSR count). The van der Waals surface area contributed by atoms with Crippen LogP contribution in [0.25, 0.3) is 0 Å². The number of carbonyl (C=O) groups is 3.